The van der Waals surface area contributed by atoms with Crippen molar-refractivity contribution in [1.29, 1.82) is 0 Å². The average Bonchev–Trinajstić information content (AvgIpc) is 2.78. The molecule has 134 valence electrons. The number of hydrogen-bond donors (Lipinski definition) is 1. The number of benzene rings is 2. The summed E-state index contributed by atoms with van der Waals surface area (Å²) in [7, 11) is 0. The molecule has 5 nitrogen and oxygen atoms in total. The van der Waals surface area contributed by atoms with Crippen LogP contribution in [-0.2, 0) is 9.59 Å². The van der Waals surface area contributed by atoms with Crippen molar-refractivity contribution in [3.05, 3.63) is 64.9 Å². The number of halogens is 4. The maximum atomic E-state index is 12.6. The summed E-state index contributed by atoms with van der Waals surface area (Å²) in [5.74, 6) is -3.05. The molecule has 2 amide bonds. The summed E-state index contributed by atoms with van der Waals surface area (Å²) in [6.45, 7) is 0. The van der Waals surface area contributed by atoms with Crippen molar-refractivity contribution in [2.24, 2.45) is 0 Å². The van der Waals surface area contributed by atoms with Crippen LogP contribution in [-0.4, -0.2) is 23.3 Å². The Morgan fingerprint density at radius 1 is 0.923 bits per heavy atom. The number of amides is 2. The summed E-state index contributed by atoms with van der Waals surface area (Å²) in [5, 5.41) is 10.5. The van der Waals surface area contributed by atoms with E-state index in [1.54, 1.807) is 0 Å². The molecule has 0 saturated heterocycles. The number of anilines is 1. The van der Waals surface area contributed by atoms with Gasteiger partial charge in [0.15, 0.2) is 5.76 Å². The average molecular weight is 384 g/mol. The number of aliphatic hydroxyl groups excluding tert-OH is 1. The van der Waals surface area contributed by atoms with E-state index in [-0.39, 0.29) is 16.8 Å². The second-order valence-electron chi connectivity index (χ2n) is 5.22. The topological polar surface area (TPSA) is 66.8 Å². The fourth-order valence-electron chi connectivity index (χ4n) is 2.43. The van der Waals surface area contributed by atoms with E-state index in [2.05, 4.69) is 4.74 Å². The van der Waals surface area contributed by atoms with Gasteiger partial charge in [0.2, 0.25) is 0 Å². The van der Waals surface area contributed by atoms with Gasteiger partial charge in [0, 0.05) is 5.02 Å². The van der Waals surface area contributed by atoms with Crippen LogP contribution in [0.4, 0.5) is 18.9 Å². The van der Waals surface area contributed by atoms with Gasteiger partial charge in [0.25, 0.3) is 5.91 Å². The standard InChI is InChI=1S/C17H9ClF3NO4/c18-10-3-1-9(2-4-10)13-14(23)16(25)22(15(13)24)11-5-7-12(8-6-11)26-17(19,20)21/h1-8,23H. The first-order chi connectivity index (χ1) is 12.2. The number of carbonyl (C=O) groups is 2. The second-order valence-corrected chi connectivity index (χ2v) is 5.65. The molecular formula is C17H9ClF3NO4. The minimum absolute atomic E-state index is 0.00922. The summed E-state index contributed by atoms with van der Waals surface area (Å²) >= 11 is 5.77. The van der Waals surface area contributed by atoms with Gasteiger partial charge >= 0.3 is 12.3 Å². The highest BCUT2D eigenvalue weighted by atomic mass is 35.5. The molecule has 0 bridgehead atoms. The Hall–Kier alpha value is -3.00. The van der Waals surface area contributed by atoms with Crippen LogP contribution < -0.4 is 9.64 Å². The molecule has 26 heavy (non-hydrogen) atoms. The number of alkyl halides is 3. The molecule has 0 aromatic heterocycles. The highest BCUT2D eigenvalue weighted by molar-refractivity contribution is 6.45. The summed E-state index contributed by atoms with van der Waals surface area (Å²) in [5.41, 5.74) is 0.0529. The molecule has 1 N–H and O–H groups in total. The summed E-state index contributed by atoms with van der Waals surface area (Å²) < 4.78 is 40.3. The molecule has 1 aliphatic rings. The van der Waals surface area contributed by atoms with E-state index in [1.165, 1.54) is 24.3 Å². The van der Waals surface area contributed by atoms with Crippen LogP contribution in [0.1, 0.15) is 5.56 Å². The first kappa shape index (κ1) is 17.8. The van der Waals surface area contributed by atoms with Gasteiger partial charge in [-0.3, -0.25) is 9.59 Å². The maximum absolute atomic E-state index is 12.6. The van der Waals surface area contributed by atoms with Crippen LogP contribution >= 0.6 is 11.6 Å². The Bertz CT molecular complexity index is 905. The van der Waals surface area contributed by atoms with E-state index in [1.807, 2.05) is 0 Å². The Morgan fingerprint density at radius 2 is 1.50 bits per heavy atom. The number of ether oxygens (including phenoxy) is 1. The third-order valence-corrected chi connectivity index (χ3v) is 3.77. The highest BCUT2D eigenvalue weighted by Gasteiger charge is 2.40. The van der Waals surface area contributed by atoms with Crippen molar-refractivity contribution in [1.82, 2.24) is 0 Å². The van der Waals surface area contributed by atoms with Crippen molar-refractivity contribution in [3.63, 3.8) is 0 Å². The molecule has 0 atom stereocenters. The van der Waals surface area contributed by atoms with Crippen molar-refractivity contribution >= 4 is 34.7 Å². The van der Waals surface area contributed by atoms with Gasteiger partial charge in [-0.15, -0.1) is 13.2 Å². The van der Waals surface area contributed by atoms with Crippen LogP contribution in [0.3, 0.4) is 0 Å². The predicted octanol–water partition coefficient (Wildman–Crippen LogP) is 4.08. The van der Waals surface area contributed by atoms with Gasteiger partial charge in [0.1, 0.15) is 5.75 Å². The Morgan fingerprint density at radius 3 is 2.04 bits per heavy atom. The van der Waals surface area contributed by atoms with E-state index in [4.69, 9.17) is 11.6 Å². The molecule has 0 radical (unpaired) electrons. The highest BCUT2D eigenvalue weighted by Crippen LogP contribution is 2.33. The van der Waals surface area contributed by atoms with Crippen LogP contribution in [0, 0.1) is 0 Å². The Kier molecular flexibility index (Phi) is 4.37. The first-order valence-corrected chi connectivity index (χ1v) is 7.49. The molecule has 0 unspecified atom stereocenters. The fraction of sp³-hybridized carbons (Fsp3) is 0.0588. The maximum Gasteiger partial charge on any atom is 0.573 e. The van der Waals surface area contributed by atoms with Crippen LogP contribution in [0.2, 0.25) is 5.02 Å². The van der Waals surface area contributed by atoms with Crippen molar-refractivity contribution in [2.75, 3.05) is 4.90 Å². The molecule has 0 aliphatic carbocycles. The van der Waals surface area contributed by atoms with E-state index >= 15 is 0 Å². The molecule has 3 rings (SSSR count). The summed E-state index contributed by atoms with van der Waals surface area (Å²) in [6.07, 6.45) is -4.86. The van der Waals surface area contributed by atoms with E-state index < -0.39 is 29.7 Å². The lowest BCUT2D eigenvalue weighted by atomic mass is 10.1. The lowest BCUT2D eigenvalue weighted by Crippen LogP contribution is -2.31. The molecule has 2 aromatic carbocycles. The van der Waals surface area contributed by atoms with Crippen LogP contribution in [0.15, 0.2) is 54.3 Å². The fourth-order valence-corrected chi connectivity index (χ4v) is 2.55. The number of imide groups is 1. The smallest absolute Gasteiger partial charge is 0.502 e. The molecule has 2 aromatic rings. The van der Waals surface area contributed by atoms with E-state index in [0.29, 0.717) is 9.92 Å². The number of hydrogen-bond acceptors (Lipinski definition) is 4. The molecule has 0 spiro atoms. The largest absolute Gasteiger partial charge is 0.573 e. The first-order valence-electron chi connectivity index (χ1n) is 7.11. The van der Waals surface area contributed by atoms with Crippen molar-refractivity contribution in [2.45, 2.75) is 6.36 Å². The van der Waals surface area contributed by atoms with Gasteiger partial charge in [-0.1, -0.05) is 23.7 Å². The number of nitrogens with zero attached hydrogens (tertiary/aromatic N) is 1. The zero-order valence-corrected chi connectivity index (χ0v) is 13.5. The summed E-state index contributed by atoms with van der Waals surface area (Å²) in [4.78, 5) is 25.5. The molecule has 1 heterocycles. The van der Waals surface area contributed by atoms with Crippen molar-refractivity contribution in [3.8, 4) is 5.75 Å². The number of carbonyl (C=O) groups excluding carboxylic acids is 2. The van der Waals surface area contributed by atoms with Gasteiger partial charge in [-0.2, -0.15) is 0 Å². The lowest BCUT2D eigenvalue weighted by molar-refractivity contribution is -0.274. The predicted molar refractivity (Wildman–Crippen MR) is 86.6 cm³/mol. The molecular weight excluding hydrogens is 375 g/mol. The zero-order valence-electron chi connectivity index (χ0n) is 12.7. The van der Waals surface area contributed by atoms with Crippen LogP contribution in [0.25, 0.3) is 5.57 Å². The number of aliphatic hydroxyl groups is 1. The SMILES string of the molecule is O=C1C(O)=C(c2ccc(Cl)cc2)C(=O)N1c1ccc(OC(F)(F)F)cc1. The van der Waals surface area contributed by atoms with Crippen LogP contribution in [0.5, 0.6) is 5.75 Å². The lowest BCUT2D eigenvalue weighted by Gasteiger charge is -2.15. The number of rotatable bonds is 3. The van der Waals surface area contributed by atoms with Gasteiger partial charge in [0.05, 0.1) is 11.3 Å². The van der Waals surface area contributed by atoms with Gasteiger partial charge in [-0.05, 0) is 42.0 Å². The molecule has 0 saturated carbocycles. The summed E-state index contributed by atoms with van der Waals surface area (Å²) in [6, 6.07) is 10.0. The Labute approximate surface area is 149 Å². The normalized spacial score (nSPS) is 15.0. The third-order valence-electron chi connectivity index (χ3n) is 3.52. The monoisotopic (exact) mass is 383 g/mol. The third kappa shape index (κ3) is 3.36. The molecule has 9 heteroatoms. The van der Waals surface area contributed by atoms with E-state index in [0.717, 1.165) is 24.3 Å². The minimum atomic E-state index is -4.86. The van der Waals surface area contributed by atoms with Gasteiger partial charge < -0.3 is 9.84 Å². The quantitative estimate of drug-likeness (QED) is 0.811. The molecule has 0 fully saturated rings. The molecule has 1 aliphatic heterocycles. The minimum Gasteiger partial charge on any atom is -0.502 e. The zero-order chi connectivity index (χ0) is 19.1. The Balaban J connectivity index is 1.90. The van der Waals surface area contributed by atoms with E-state index in [9.17, 15) is 27.9 Å². The second kappa shape index (κ2) is 6.38. The van der Waals surface area contributed by atoms with Crippen molar-refractivity contribution < 1.29 is 32.6 Å². The van der Waals surface area contributed by atoms with Gasteiger partial charge in [-0.25, -0.2) is 4.90 Å².